The summed E-state index contributed by atoms with van der Waals surface area (Å²) in [5, 5.41) is 0. The summed E-state index contributed by atoms with van der Waals surface area (Å²) in [4.78, 5) is 4.61. The van der Waals surface area contributed by atoms with Crippen LogP contribution in [-0.4, -0.2) is 25.3 Å². The fraction of sp³-hybridized carbons (Fsp3) is 0.368. The van der Waals surface area contributed by atoms with Crippen molar-refractivity contribution in [3.63, 3.8) is 0 Å². The van der Waals surface area contributed by atoms with Crippen molar-refractivity contribution in [2.24, 2.45) is 0 Å². The first-order chi connectivity index (χ1) is 11.9. The van der Waals surface area contributed by atoms with Gasteiger partial charge < -0.3 is 4.90 Å². The van der Waals surface area contributed by atoms with Crippen molar-refractivity contribution >= 4 is 33.3 Å². The minimum Gasteiger partial charge on any atom is -0.339 e. The molecule has 0 amide bonds. The summed E-state index contributed by atoms with van der Waals surface area (Å²) in [6, 6.07) is 12.8. The van der Waals surface area contributed by atoms with Gasteiger partial charge in [-0.3, -0.25) is 4.55 Å². The van der Waals surface area contributed by atoms with Crippen LogP contribution in [0.2, 0.25) is 0 Å². The van der Waals surface area contributed by atoms with Gasteiger partial charge in [0.25, 0.3) is 10.1 Å². The smallest absolute Gasteiger partial charge is 0.264 e. The predicted octanol–water partition coefficient (Wildman–Crippen LogP) is 4.69. The molecule has 1 aliphatic heterocycles. The number of hydrogen-bond acceptors (Lipinski definition) is 4. The normalized spacial score (nSPS) is 13.5. The molecule has 1 N–H and O–H groups in total. The molecule has 1 aliphatic rings. The van der Waals surface area contributed by atoms with Gasteiger partial charge in [0.15, 0.2) is 0 Å². The SMILES string of the molecule is CCc1ccc2c(c1)N(CCCS(=O)(=O)O)c1c(CC)cccc1S2. The molecule has 0 spiro atoms. The van der Waals surface area contributed by atoms with Crippen molar-refractivity contribution in [2.75, 3.05) is 17.2 Å². The second kappa shape index (κ2) is 7.40. The number of anilines is 2. The Balaban J connectivity index is 2.04. The zero-order valence-electron chi connectivity index (χ0n) is 14.5. The van der Waals surface area contributed by atoms with E-state index in [-0.39, 0.29) is 5.75 Å². The Labute approximate surface area is 154 Å². The summed E-state index contributed by atoms with van der Waals surface area (Å²) in [6.45, 7) is 4.82. The summed E-state index contributed by atoms with van der Waals surface area (Å²) in [5.41, 5.74) is 4.82. The van der Waals surface area contributed by atoms with Gasteiger partial charge in [-0.2, -0.15) is 8.42 Å². The summed E-state index contributed by atoms with van der Waals surface area (Å²) in [6.07, 6.45) is 2.26. The highest BCUT2D eigenvalue weighted by Crippen LogP contribution is 2.49. The van der Waals surface area contributed by atoms with E-state index < -0.39 is 10.1 Å². The molecular formula is C19H23NO3S2. The topological polar surface area (TPSA) is 57.6 Å². The lowest BCUT2D eigenvalue weighted by atomic mass is 10.1. The predicted molar refractivity (Wildman–Crippen MR) is 104 cm³/mol. The number of fused-ring (bicyclic) bond motifs is 2. The van der Waals surface area contributed by atoms with E-state index in [1.807, 2.05) is 0 Å². The van der Waals surface area contributed by atoms with E-state index in [9.17, 15) is 8.42 Å². The first-order valence-corrected chi connectivity index (χ1v) is 11.0. The molecule has 3 rings (SSSR count). The Morgan fingerprint density at radius 3 is 2.56 bits per heavy atom. The second-order valence-corrected chi connectivity index (χ2v) is 8.82. The summed E-state index contributed by atoms with van der Waals surface area (Å²) < 4.78 is 31.3. The average Bonchev–Trinajstić information content (AvgIpc) is 2.59. The minimum absolute atomic E-state index is 0.219. The van der Waals surface area contributed by atoms with Crippen LogP contribution >= 0.6 is 11.8 Å². The van der Waals surface area contributed by atoms with Gasteiger partial charge in [0.05, 0.1) is 17.1 Å². The number of para-hydroxylation sites is 1. The third kappa shape index (κ3) is 4.02. The van der Waals surface area contributed by atoms with Crippen LogP contribution in [0.25, 0.3) is 0 Å². The molecule has 2 aromatic carbocycles. The molecule has 0 saturated heterocycles. The van der Waals surface area contributed by atoms with Crippen LogP contribution in [0.4, 0.5) is 11.4 Å². The molecule has 0 aromatic heterocycles. The van der Waals surface area contributed by atoms with Crippen molar-refractivity contribution in [1.29, 1.82) is 0 Å². The summed E-state index contributed by atoms with van der Waals surface area (Å²) in [5.74, 6) is -0.219. The summed E-state index contributed by atoms with van der Waals surface area (Å²) >= 11 is 1.76. The highest BCUT2D eigenvalue weighted by Gasteiger charge is 2.25. The Kier molecular flexibility index (Phi) is 5.41. The average molecular weight is 378 g/mol. The van der Waals surface area contributed by atoms with Crippen LogP contribution in [0.3, 0.4) is 0 Å². The van der Waals surface area contributed by atoms with Gasteiger partial charge in [0, 0.05) is 16.3 Å². The van der Waals surface area contributed by atoms with Gasteiger partial charge in [-0.25, -0.2) is 0 Å². The van der Waals surface area contributed by atoms with Crippen molar-refractivity contribution in [2.45, 2.75) is 42.9 Å². The maximum Gasteiger partial charge on any atom is 0.264 e. The van der Waals surface area contributed by atoms with Gasteiger partial charge in [-0.05, 0) is 48.6 Å². The maximum atomic E-state index is 11.1. The molecule has 0 aliphatic carbocycles. The zero-order chi connectivity index (χ0) is 18.0. The van der Waals surface area contributed by atoms with E-state index in [1.54, 1.807) is 11.8 Å². The Morgan fingerprint density at radius 1 is 1.08 bits per heavy atom. The largest absolute Gasteiger partial charge is 0.339 e. The quantitative estimate of drug-likeness (QED) is 0.740. The van der Waals surface area contributed by atoms with Crippen LogP contribution in [0.1, 0.15) is 31.4 Å². The van der Waals surface area contributed by atoms with Gasteiger partial charge >= 0.3 is 0 Å². The molecule has 0 fully saturated rings. The van der Waals surface area contributed by atoms with Crippen molar-refractivity contribution in [1.82, 2.24) is 0 Å². The van der Waals surface area contributed by atoms with E-state index in [4.69, 9.17) is 4.55 Å². The highest BCUT2D eigenvalue weighted by molar-refractivity contribution is 7.99. The van der Waals surface area contributed by atoms with Crippen LogP contribution in [0.15, 0.2) is 46.2 Å². The zero-order valence-corrected chi connectivity index (χ0v) is 16.2. The molecule has 1 heterocycles. The molecule has 25 heavy (non-hydrogen) atoms. The Hall–Kier alpha value is -1.50. The Bertz CT molecular complexity index is 878. The van der Waals surface area contributed by atoms with Crippen molar-refractivity contribution < 1.29 is 13.0 Å². The molecule has 0 saturated carbocycles. The van der Waals surface area contributed by atoms with Gasteiger partial charge in [-0.15, -0.1) is 0 Å². The van der Waals surface area contributed by atoms with Crippen LogP contribution in [0, 0.1) is 0 Å². The Morgan fingerprint density at radius 2 is 1.88 bits per heavy atom. The third-order valence-corrected chi connectivity index (χ3v) is 6.38. The summed E-state index contributed by atoms with van der Waals surface area (Å²) in [7, 11) is -3.94. The maximum absolute atomic E-state index is 11.1. The number of benzene rings is 2. The van der Waals surface area contributed by atoms with Crippen molar-refractivity contribution in [3.05, 3.63) is 47.5 Å². The van der Waals surface area contributed by atoms with Gasteiger partial charge in [-0.1, -0.05) is 43.8 Å². The molecular weight excluding hydrogens is 354 g/mol. The lowest BCUT2D eigenvalue weighted by Crippen LogP contribution is -2.25. The fourth-order valence-corrected chi connectivity index (χ4v) is 4.82. The van der Waals surface area contributed by atoms with E-state index in [0.717, 1.165) is 18.5 Å². The van der Waals surface area contributed by atoms with Crippen LogP contribution in [0.5, 0.6) is 0 Å². The number of hydrogen-bond donors (Lipinski definition) is 1. The molecule has 2 aromatic rings. The van der Waals surface area contributed by atoms with Crippen molar-refractivity contribution in [3.8, 4) is 0 Å². The van der Waals surface area contributed by atoms with Gasteiger partial charge in [0.1, 0.15) is 0 Å². The molecule has 6 heteroatoms. The molecule has 0 atom stereocenters. The van der Waals surface area contributed by atoms with E-state index in [1.165, 1.54) is 26.6 Å². The molecule has 134 valence electrons. The lowest BCUT2D eigenvalue weighted by Gasteiger charge is -2.35. The minimum atomic E-state index is -3.94. The van der Waals surface area contributed by atoms with E-state index >= 15 is 0 Å². The first kappa shape index (κ1) is 18.3. The van der Waals surface area contributed by atoms with E-state index in [2.05, 4.69) is 55.1 Å². The van der Waals surface area contributed by atoms with E-state index in [0.29, 0.717) is 13.0 Å². The van der Waals surface area contributed by atoms with Crippen LogP contribution < -0.4 is 4.90 Å². The highest BCUT2D eigenvalue weighted by atomic mass is 32.2. The number of nitrogens with zero attached hydrogens (tertiary/aromatic N) is 1. The van der Waals surface area contributed by atoms with Gasteiger partial charge in [0.2, 0.25) is 0 Å². The first-order valence-electron chi connectivity index (χ1n) is 8.58. The standard InChI is InChI=1S/C19H23NO3S2/c1-3-14-9-10-17-16(13-14)20(11-6-12-25(21,22)23)19-15(4-2)7-5-8-18(19)24-17/h5,7-10,13H,3-4,6,11-12H2,1-2H3,(H,21,22,23). The molecule has 0 radical (unpaired) electrons. The molecule has 0 unspecified atom stereocenters. The fourth-order valence-electron chi connectivity index (χ4n) is 3.20. The third-order valence-electron chi connectivity index (χ3n) is 4.46. The number of rotatable bonds is 6. The van der Waals surface area contributed by atoms with Crippen LogP contribution in [-0.2, 0) is 23.0 Å². The monoisotopic (exact) mass is 377 g/mol. The lowest BCUT2D eigenvalue weighted by molar-refractivity contribution is 0.481. The second-order valence-electron chi connectivity index (χ2n) is 6.17. The molecule has 4 nitrogen and oxygen atoms in total. The molecule has 0 bridgehead atoms. The number of aryl methyl sites for hydroxylation is 2.